The third-order valence-corrected chi connectivity index (χ3v) is 4.98. The zero-order valence-corrected chi connectivity index (χ0v) is 12.1. The van der Waals surface area contributed by atoms with Crippen molar-refractivity contribution in [2.45, 2.75) is 44.4 Å². The molecular formula is C15H23NOS. The standard InChI is InChI=1S/C15H23NOS/c1-11-6-7-14(15(17)9-11)12(2)16-10-13-5-3-4-8-18-13/h6-7,9,12-13,16-17H,3-5,8,10H2,1-2H3. The van der Waals surface area contributed by atoms with Crippen LogP contribution in [0.25, 0.3) is 0 Å². The second-order valence-electron chi connectivity index (χ2n) is 5.18. The number of phenols is 1. The van der Waals surface area contributed by atoms with Crippen LogP contribution < -0.4 is 5.32 Å². The van der Waals surface area contributed by atoms with Gasteiger partial charge in [0.05, 0.1) is 0 Å². The van der Waals surface area contributed by atoms with E-state index in [0.29, 0.717) is 5.75 Å². The fourth-order valence-electron chi connectivity index (χ4n) is 2.41. The smallest absolute Gasteiger partial charge is 0.120 e. The Labute approximate surface area is 114 Å². The van der Waals surface area contributed by atoms with Gasteiger partial charge in [-0.25, -0.2) is 0 Å². The van der Waals surface area contributed by atoms with E-state index in [-0.39, 0.29) is 6.04 Å². The van der Waals surface area contributed by atoms with Gasteiger partial charge in [0.15, 0.2) is 0 Å². The van der Waals surface area contributed by atoms with E-state index in [1.165, 1.54) is 25.0 Å². The minimum Gasteiger partial charge on any atom is -0.508 e. The number of benzene rings is 1. The van der Waals surface area contributed by atoms with Crippen LogP contribution in [0.2, 0.25) is 0 Å². The van der Waals surface area contributed by atoms with Crippen molar-refractivity contribution in [1.82, 2.24) is 5.32 Å². The summed E-state index contributed by atoms with van der Waals surface area (Å²) in [7, 11) is 0. The van der Waals surface area contributed by atoms with Crippen LogP contribution in [0, 0.1) is 6.92 Å². The highest BCUT2D eigenvalue weighted by atomic mass is 32.2. The number of rotatable bonds is 4. The van der Waals surface area contributed by atoms with E-state index in [9.17, 15) is 5.11 Å². The normalized spacial score (nSPS) is 21.8. The molecule has 18 heavy (non-hydrogen) atoms. The molecule has 0 aromatic heterocycles. The largest absolute Gasteiger partial charge is 0.508 e. The summed E-state index contributed by atoms with van der Waals surface area (Å²) in [5.41, 5.74) is 2.10. The molecule has 1 aliphatic heterocycles. The summed E-state index contributed by atoms with van der Waals surface area (Å²) in [6.45, 7) is 5.16. The van der Waals surface area contributed by atoms with E-state index < -0.39 is 0 Å². The number of thioether (sulfide) groups is 1. The van der Waals surface area contributed by atoms with Gasteiger partial charge in [0, 0.05) is 23.4 Å². The maximum Gasteiger partial charge on any atom is 0.120 e. The van der Waals surface area contributed by atoms with Crippen LogP contribution in [-0.2, 0) is 0 Å². The maximum atomic E-state index is 9.95. The molecule has 0 amide bonds. The van der Waals surface area contributed by atoms with E-state index in [1.807, 2.05) is 19.1 Å². The fourth-order valence-corrected chi connectivity index (χ4v) is 3.66. The summed E-state index contributed by atoms with van der Waals surface area (Å²) in [5, 5.41) is 14.2. The number of aryl methyl sites for hydroxylation is 1. The lowest BCUT2D eigenvalue weighted by molar-refractivity contribution is 0.450. The number of nitrogens with one attached hydrogen (secondary N) is 1. The molecule has 0 aliphatic carbocycles. The molecule has 0 spiro atoms. The summed E-state index contributed by atoms with van der Waals surface area (Å²) < 4.78 is 0. The number of hydrogen-bond acceptors (Lipinski definition) is 3. The predicted octanol–water partition coefficient (Wildman–Crippen LogP) is 3.64. The lowest BCUT2D eigenvalue weighted by atomic mass is 10.0. The van der Waals surface area contributed by atoms with Crippen molar-refractivity contribution in [1.29, 1.82) is 0 Å². The highest BCUT2D eigenvalue weighted by molar-refractivity contribution is 7.99. The Balaban J connectivity index is 1.88. The Morgan fingerprint density at radius 3 is 2.94 bits per heavy atom. The maximum absolute atomic E-state index is 9.95. The van der Waals surface area contributed by atoms with Gasteiger partial charge >= 0.3 is 0 Å². The minimum absolute atomic E-state index is 0.216. The van der Waals surface area contributed by atoms with Crippen molar-refractivity contribution in [2.75, 3.05) is 12.3 Å². The van der Waals surface area contributed by atoms with E-state index >= 15 is 0 Å². The molecule has 2 nitrogen and oxygen atoms in total. The molecule has 1 saturated heterocycles. The summed E-state index contributed by atoms with van der Waals surface area (Å²) in [4.78, 5) is 0. The summed E-state index contributed by atoms with van der Waals surface area (Å²) >= 11 is 2.08. The molecule has 2 atom stereocenters. The highest BCUT2D eigenvalue weighted by Gasteiger charge is 2.16. The molecule has 2 N–H and O–H groups in total. The second kappa shape index (κ2) is 6.48. The Morgan fingerprint density at radius 2 is 2.28 bits per heavy atom. The quantitative estimate of drug-likeness (QED) is 0.872. The first-order valence-corrected chi connectivity index (χ1v) is 7.86. The van der Waals surface area contributed by atoms with Crippen molar-refractivity contribution >= 4 is 11.8 Å². The van der Waals surface area contributed by atoms with Crippen molar-refractivity contribution < 1.29 is 5.11 Å². The first-order chi connectivity index (χ1) is 8.66. The fraction of sp³-hybridized carbons (Fsp3) is 0.600. The molecule has 1 aliphatic rings. The topological polar surface area (TPSA) is 32.3 Å². The summed E-state index contributed by atoms with van der Waals surface area (Å²) in [6, 6.07) is 6.13. The Kier molecular flexibility index (Phi) is 4.95. The van der Waals surface area contributed by atoms with E-state index in [2.05, 4.69) is 30.1 Å². The number of hydrogen-bond donors (Lipinski definition) is 2. The van der Waals surface area contributed by atoms with Crippen LogP contribution >= 0.6 is 11.8 Å². The lowest BCUT2D eigenvalue weighted by Gasteiger charge is -2.24. The average Bonchev–Trinajstić information content (AvgIpc) is 2.37. The van der Waals surface area contributed by atoms with Gasteiger partial charge in [-0.1, -0.05) is 18.6 Å². The molecular weight excluding hydrogens is 242 g/mol. The van der Waals surface area contributed by atoms with Gasteiger partial charge in [-0.05, 0) is 44.1 Å². The zero-order valence-electron chi connectivity index (χ0n) is 11.3. The van der Waals surface area contributed by atoms with Gasteiger partial charge in [0.1, 0.15) is 5.75 Å². The van der Waals surface area contributed by atoms with E-state index in [4.69, 9.17) is 0 Å². The summed E-state index contributed by atoms with van der Waals surface area (Å²) in [6.07, 6.45) is 4.06. The van der Waals surface area contributed by atoms with Gasteiger partial charge < -0.3 is 10.4 Å². The highest BCUT2D eigenvalue weighted by Crippen LogP contribution is 2.27. The first-order valence-electron chi connectivity index (χ1n) is 6.81. The Bertz CT molecular complexity index is 388. The molecule has 1 fully saturated rings. The molecule has 3 heteroatoms. The molecule has 1 aromatic rings. The number of phenolic OH excluding ortho intramolecular Hbond substituents is 1. The molecule has 0 radical (unpaired) electrons. The lowest BCUT2D eigenvalue weighted by Crippen LogP contribution is -2.29. The van der Waals surface area contributed by atoms with Gasteiger partial charge in [0.25, 0.3) is 0 Å². The molecule has 1 aromatic carbocycles. The van der Waals surface area contributed by atoms with Crippen molar-refractivity contribution in [3.63, 3.8) is 0 Å². The minimum atomic E-state index is 0.216. The SMILES string of the molecule is Cc1ccc(C(C)NCC2CCCCS2)c(O)c1. The van der Waals surface area contributed by atoms with Crippen LogP contribution in [0.3, 0.4) is 0 Å². The van der Waals surface area contributed by atoms with Crippen molar-refractivity contribution in [3.8, 4) is 5.75 Å². The Morgan fingerprint density at radius 1 is 1.44 bits per heavy atom. The molecule has 2 rings (SSSR count). The molecule has 0 saturated carbocycles. The zero-order chi connectivity index (χ0) is 13.0. The molecule has 1 heterocycles. The van der Waals surface area contributed by atoms with Crippen LogP contribution in [0.15, 0.2) is 18.2 Å². The van der Waals surface area contributed by atoms with Gasteiger partial charge in [-0.2, -0.15) is 11.8 Å². The third-order valence-electron chi connectivity index (χ3n) is 3.58. The first kappa shape index (κ1) is 13.8. The molecule has 0 bridgehead atoms. The van der Waals surface area contributed by atoms with Crippen LogP contribution in [0.5, 0.6) is 5.75 Å². The molecule has 2 unspecified atom stereocenters. The Hall–Kier alpha value is -0.670. The van der Waals surface area contributed by atoms with Crippen molar-refractivity contribution in [3.05, 3.63) is 29.3 Å². The summed E-state index contributed by atoms with van der Waals surface area (Å²) in [5.74, 6) is 1.71. The van der Waals surface area contributed by atoms with Crippen molar-refractivity contribution in [2.24, 2.45) is 0 Å². The monoisotopic (exact) mass is 265 g/mol. The van der Waals surface area contributed by atoms with Gasteiger partial charge in [-0.3, -0.25) is 0 Å². The molecule has 100 valence electrons. The van der Waals surface area contributed by atoms with E-state index in [1.54, 1.807) is 0 Å². The van der Waals surface area contributed by atoms with Crippen LogP contribution in [0.4, 0.5) is 0 Å². The van der Waals surface area contributed by atoms with Gasteiger partial charge in [-0.15, -0.1) is 0 Å². The van der Waals surface area contributed by atoms with Gasteiger partial charge in [0.2, 0.25) is 0 Å². The predicted molar refractivity (Wildman–Crippen MR) is 79.4 cm³/mol. The average molecular weight is 265 g/mol. The number of aromatic hydroxyl groups is 1. The van der Waals surface area contributed by atoms with Crippen LogP contribution in [0.1, 0.15) is 43.4 Å². The second-order valence-corrected chi connectivity index (χ2v) is 6.59. The van der Waals surface area contributed by atoms with E-state index in [0.717, 1.165) is 22.9 Å². The van der Waals surface area contributed by atoms with Crippen LogP contribution in [-0.4, -0.2) is 22.7 Å². The third kappa shape index (κ3) is 3.66.